The maximum Gasteiger partial charge on any atom is 0.337 e. The number of unbranched alkanes of at least 4 members (excludes halogenated alkanes) is 2. The monoisotopic (exact) mass is 504 g/mol. The Balaban J connectivity index is 1.51. The Bertz CT molecular complexity index is 1420. The van der Waals surface area contributed by atoms with Gasteiger partial charge >= 0.3 is 5.97 Å². The number of sulfonamides is 1. The number of aromatic amines is 1. The molecular formula is C29H32N2O4S. The maximum absolute atomic E-state index is 12.9. The predicted octanol–water partition coefficient (Wildman–Crippen LogP) is 5.88. The summed E-state index contributed by atoms with van der Waals surface area (Å²) in [7, 11) is -2.26. The Morgan fingerprint density at radius 3 is 2.33 bits per heavy atom. The Morgan fingerprint density at radius 2 is 1.64 bits per heavy atom. The molecule has 1 aromatic heterocycles. The number of para-hydroxylation sites is 1. The number of carbonyl (C=O) groups is 1. The summed E-state index contributed by atoms with van der Waals surface area (Å²) in [6, 6.07) is 22.3. The van der Waals surface area contributed by atoms with Gasteiger partial charge in [0, 0.05) is 23.1 Å². The first-order valence-corrected chi connectivity index (χ1v) is 13.8. The molecular weight excluding hydrogens is 472 g/mol. The van der Waals surface area contributed by atoms with Gasteiger partial charge in [0.05, 0.1) is 17.6 Å². The molecule has 4 rings (SSSR count). The van der Waals surface area contributed by atoms with Crippen LogP contribution >= 0.6 is 0 Å². The maximum atomic E-state index is 12.9. The number of aryl methyl sites for hydroxylation is 1. The molecule has 7 heteroatoms. The summed E-state index contributed by atoms with van der Waals surface area (Å²) in [5.74, 6) is -0.387. The molecule has 0 saturated carbocycles. The molecule has 0 fully saturated rings. The van der Waals surface area contributed by atoms with Crippen molar-refractivity contribution in [3.8, 4) is 11.3 Å². The smallest absolute Gasteiger partial charge is 0.337 e. The summed E-state index contributed by atoms with van der Waals surface area (Å²) in [5, 5.41) is 1.04. The van der Waals surface area contributed by atoms with E-state index < -0.39 is 10.0 Å². The van der Waals surface area contributed by atoms with E-state index in [1.165, 1.54) is 13.5 Å². The first-order chi connectivity index (χ1) is 17.4. The van der Waals surface area contributed by atoms with Crippen molar-refractivity contribution in [3.63, 3.8) is 0 Å². The van der Waals surface area contributed by atoms with E-state index >= 15 is 0 Å². The van der Waals surface area contributed by atoms with E-state index in [2.05, 4.69) is 16.6 Å². The van der Waals surface area contributed by atoms with Gasteiger partial charge < -0.3 is 9.72 Å². The fourth-order valence-corrected chi connectivity index (χ4v) is 5.44. The highest BCUT2D eigenvalue weighted by Gasteiger charge is 2.17. The molecule has 1 heterocycles. The molecule has 0 aliphatic rings. The SMILES string of the molecule is CCCCCc1ccc(S(=O)(=O)NCCc2c(-c3ccc(C(=O)OC)cc3)[nH]c3ccccc23)cc1. The zero-order valence-electron chi connectivity index (χ0n) is 20.7. The molecule has 0 spiro atoms. The molecule has 188 valence electrons. The van der Waals surface area contributed by atoms with Gasteiger partial charge in [-0.1, -0.05) is 62.2 Å². The summed E-state index contributed by atoms with van der Waals surface area (Å²) in [6.07, 6.45) is 4.91. The van der Waals surface area contributed by atoms with E-state index in [0.717, 1.165) is 52.5 Å². The molecule has 0 aliphatic heterocycles. The second-order valence-electron chi connectivity index (χ2n) is 8.84. The molecule has 3 aromatic carbocycles. The van der Waals surface area contributed by atoms with Gasteiger partial charge in [0.25, 0.3) is 0 Å². The van der Waals surface area contributed by atoms with E-state index in [1.54, 1.807) is 24.3 Å². The van der Waals surface area contributed by atoms with Crippen LogP contribution in [0.3, 0.4) is 0 Å². The number of ether oxygens (including phenoxy) is 1. The Kier molecular flexibility index (Phi) is 8.23. The molecule has 36 heavy (non-hydrogen) atoms. The number of H-pyrrole nitrogens is 1. The van der Waals surface area contributed by atoms with Crippen molar-refractivity contribution in [3.05, 3.63) is 89.5 Å². The number of rotatable bonds is 11. The molecule has 0 unspecified atom stereocenters. The predicted molar refractivity (Wildman–Crippen MR) is 144 cm³/mol. The van der Waals surface area contributed by atoms with Crippen LogP contribution in [0.25, 0.3) is 22.2 Å². The quantitative estimate of drug-likeness (QED) is 0.197. The van der Waals surface area contributed by atoms with Crippen molar-refractivity contribution >= 4 is 26.9 Å². The third kappa shape index (κ3) is 5.86. The van der Waals surface area contributed by atoms with Crippen LogP contribution in [0, 0.1) is 0 Å². The van der Waals surface area contributed by atoms with Gasteiger partial charge in [-0.15, -0.1) is 0 Å². The molecule has 0 bridgehead atoms. The highest BCUT2D eigenvalue weighted by Crippen LogP contribution is 2.31. The molecule has 0 saturated heterocycles. The first kappa shape index (κ1) is 25.7. The second-order valence-corrected chi connectivity index (χ2v) is 10.6. The van der Waals surface area contributed by atoms with Gasteiger partial charge in [-0.25, -0.2) is 17.9 Å². The summed E-state index contributed by atoms with van der Waals surface area (Å²) in [5.41, 5.74) is 5.44. The van der Waals surface area contributed by atoms with E-state index in [4.69, 9.17) is 4.74 Å². The van der Waals surface area contributed by atoms with E-state index in [0.29, 0.717) is 12.0 Å². The minimum Gasteiger partial charge on any atom is -0.465 e. The lowest BCUT2D eigenvalue weighted by atomic mass is 10.0. The summed E-state index contributed by atoms with van der Waals surface area (Å²) < 4.78 is 33.4. The van der Waals surface area contributed by atoms with Crippen LogP contribution in [0.5, 0.6) is 0 Å². The molecule has 0 amide bonds. The van der Waals surface area contributed by atoms with Crippen LogP contribution in [0.2, 0.25) is 0 Å². The number of hydrogen-bond acceptors (Lipinski definition) is 4. The van der Waals surface area contributed by atoms with Gasteiger partial charge in [0.2, 0.25) is 10.0 Å². The third-order valence-electron chi connectivity index (χ3n) is 6.38. The van der Waals surface area contributed by atoms with Crippen LogP contribution in [-0.2, 0) is 27.6 Å². The van der Waals surface area contributed by atoms with E-state index in [9.17, 15) is 13.2 Å². The van der Waals surface area contributed by atoms with Crippen molar-refractivity contribution in [2.24, 2.45) is 0 Å². The van der Waals surface area contributed by atoms with E-state index in [1.807, 2.05) is 48.5 Å². The zero-order valence-corrected chi connectivity index (χ0v) is 21.5. The molecule has 4 aromatic rings. The third-order valence-corrected chi connectivity index (χ3v) is 7.85. The largest absolute Gasteiger partial charge is 0.465 e. The zero-order chi connectivity index (χ0) is 25.5. The van der Waals surface area contributed by atoms with Crippen LogP contribution in [0.15, 0.2) is 77.7 Å². The Hall–Kier alpha value is -3.42. The van der Waals surface area contributed by atoms with Crippen molar-refractivity contribution in [1.29, 1.82) is 0 Å². The van der Waals surface area contributed by atoms with E-state index in [-0.39, 0.29) is 17.4 Å². The van der Waals surface area contributed by atoms with Crippen LogP contribution in [0.4, 0.5) is 0 Å². The minimum absolute atomic E-state index is 0.260. The number of benzene rings is 3. The normalized spacial score (nSPS) is 11.6. The number of aromatic nitrogens is 1. The number of nitrogens with one attached hydrogen (secondary N) is 2. The number of methoxy groups -OCH3 is 1. The molecule has 0 radical (unpaired) electrons. The molecule has 2 N–H and O–H groups in total. The Labute approximate surface area is 212 Å². The second kappa shape index (κ2) is 11.5. The fourth-order valence-electron chi connectivity index (χ4n) is 4.41. The van der Waals surface area contributed by atoms with Gasteiger partial charge in [0.1, 0.15) is 0 Å². The summed E-state index contributed by atoms with van der Waals surface area (Å²) in [6.45, 7) is 2.43. The van der Waals surface area contributed by atoms with Gasteiger partial charge in [-0.2, -0.15) is 0 Å². The van der Waals surface area contributed by atoms with Gasteiger partial charge in [-0.3, -0.25) is 0 Å². The highest BCUT2D eigenvalue weighted by molar-refractivity contribution is 7.89. The average molecular weight is 505 g/mol. The number of carbonyl (C=O) groups excluding carboxylic acids is 1. The van der Waals surface area contributed by atoms with Gasteiger partial charge in [-0.05, 0) is 66.3 Å². The highest BCUT2D eigenvalue weighted by atomic mass is 32.2. The summed E-state index contributed by atoms with van der Waals surface area (Å²) >= 11 is 0. The van der Waals surface area contributed by atoms with Crippen molar-refractivity contribution < 1.29 is 17.9 Å². The van der Waals surface area contributed by atoms with Crippen molar-refractivity contribution in [2.75, 3.05) is 13.7 Å². The van der Waals surface area contributed by atoms with Gasteiger partial charge in [0.15, 0.2) is 0 Å². The average Bonchev–Trinajstić information content (AvgIpc) is 3.27. The summed E-state index contributed by atoms with van der Waals surface area (Å²) in [4.78, 5) is 15.5. The first-order valence-electron chi connectivity index (χ1n) is 12.3. The van der Waals surface area contributed by atoms with Crippen LogP contribution in [-0.4, -0.2) is 33.0 Å². The molecule has 0 aliphatic carbocycles. The molecule has 0 atom stereocenters. The standard InChI is InChI=1S/C29H32N2O4S/c1-3-4-5-8-21-11-17-24(18-12-21)36(33,34)30-20-19-26-25-9-6-7-10-27(25)31-28(26)22-13-15-23(16-14-22)29(32)35-2/h6-7,9-18,30-31H,3-5,8,19-20H2,1-2H3. The van der Waals surface area contributed by atoms with Crippen LogP contribution < -0.4 is 4.72 Å². The number of hydrogen-bond donors (Lipinski definition) is 2. The van der Waals surface area contributed by atoms with Crippen molar-refractivity contribution in [2.45, 2.75) is 43.9 Å². The lowest BCUT2D eigenvalue weighted by Gasteiger charge is -2.10. The number of fused-ring (bicyclic) bond motifs is 1. The molecule has 6 nitrogen and oxygen atoms in total. The Morgan fingerprint density at radius 1 is 0.917 bits per heavy atom. The fraction of sp³-hybridized carbons (Fsp3) is 0.276. The van der Waals surface area contributed by atoms with Crippen molar-refractivity contribution in [1.82, 2.24) is 9.71 Å². The lowest BCUT2D eigenvalue weighted by molar-refractivity contribution is 0.0600. The minimum atomic E-state index is -3.62. The number of esters is 1. The topological polar surface area (TPSA) is 88.3 Å². The van der Waals surface area contributed by atoms with Crippen LogP contribution in [0.1, 0.15) is 47.7 Å². The lowest BCUT2D eigenvalue weighted by Crippen LogP contribution is -2.26.